The molecule has 0 aliphatic rings. The minimum Gasteiger partial charge on any atom is -0.453 e. The number of nitrogens with two attached hydrogens (primary N) is 1. The monoisotopic (exact) mass is 556 g/mol. The van der Waals surface area contributed by atoms with Gasteiger partial charge in [-0.05, 0) is 30.7 Å². The van der Waals surface area contributed by atoms with Crippen LogP contribution in [0.25, 0.3) is 16.9 Å². The van der Waals surface area contributed by atoms with Crippen LogP contribution in [0.5, 0.6) is 0 Å². The first-order valence-electron chi connectivity index (χ1n) is 10.8. The molecule has 14 heteroatoms. The van der Waals surface area contributed by atoms with Crippen molar-refractivity contribution in [1.82, 2.24) is 14.3 Å². The van der Waals surface area contributed by atoms with Crippen LogP contribution in [-0.2, 0) is 35.4 Å². The summed E-state index contributed by atoms with van der Waals surface area (Å²) >= 11 is 6.10. The van der Waals surface area contributed by atoms with Crippen molar-refractivity contribution >= 4 is 39.1 Å². The van der Waals surface area contributed by atoms with Gasteiger partial charge in [-0.3, -0.25) is 9.69 Å². The number of imidazole rings is 1. The van der Waals surface area contributed by atoms with Gasteiger partial charge in [-0.2, -0.15) is 0 Å². The molecule has 0 radical (unpaired) electrons. The zero-order valence-electron chi connectivity index (χ0n) is 20.5. The van der Waals surface area contributed by atoms with E-state index >= 15 is 4.39 Å². The van der Waals surface area contributed by atoms with Crippen LogP contribution < -0.4 is 5.14 Å². The van der Waals surface area contributed by atoms with Crippen molar-refractivity contribution in [2.24, 2.45) is 5.14 Å². The smallest absolute Gasteiger partial charge is 0.410 e. The van der Waals surface area contributed by atoms with Crippen LogP contribution in [0.4, 0.5) is 9.18 Å². The number of carbonyl (C=O) groups excluding carboxylic acids is 2. The fraction of sp³-hybridized carbons (Fsp3) is 0.348. The van der Waals surface area contributed by atoms with E-state index in [-0.39, 0.29) is 36.3 Å². The third kappa shape index (κ3) is 6.43. The molecular weight excluding hydrogens is 531 g/mol. The summed E-state index contributed by atoms with van der Waals surface area (Å²) in [6.45, 7) is 1.07. The molecule has 0 aliphatic carbocycles. The van der Waals surface area contributed by atoms with Gasteiger partial charge in [0.15, 0.2) is 12.1 Å². The highest BCUT2D eigenvalue weighted by molar-refractivity contribution is 7.89. The molecule has 11 nitrogen and oxygen atoms in total. The van der Waals surface area contributed by atoms with E-state index in [0.717, 1.165) is 11.0 Å². The Kier molecular flexibility index (Phi) is 8.87. The number of ketones is 1. The highest BCUT2D eigenvalue weighted by atomic mass is 35.5. The second-order valence-corrected chi connectivity index (χ2v) is 10.1. The van der Waals surface area contributed by atoms with Crippen LogP contribution in [0.2, 0.25) is 5.02 Å². The van der Waals surface area contributed by atoms with Crippen LogP contribution >= 0.6 is 11.6 Å². The van der Waals surface area contributed by atoms with E-state index in [0.29, 0.717) is 16.4 Å². The van der Waals surface area contributed by atoms with E-state index in [2.05, 4.69) is 4.98 Å². The van der Waals surface area contributed by atoms with Crippen molar-refractivity contribution in [1.29, 1.82) is 0 Å². The van der Waals surface area contributed by atoms with Crippen molar-refractivity contribution in [3.8, 4) is 11.3 Å². The third-order valence-electron chi connectivity index (χ3n) is 5.57. The molecule has 0 aliphatic heterocycles. The first-order chi connectivity index (χ1) is 17.4. The van der Waals surface area contributed by atoms with Crippen LogP contribution in [0.15, 0.2) is 35.4 Å². The van der Waals surface area contributed by atoms with E-state index < -0.39 is 38.9 Å². The van der Waals surface area contributed by atoms with Crippen molar-refractivity contribution in [2.75, 3.05) is 34.4 Å². The van der Waals surface area contributed by atoms with Crippen LogP contribution in [0.1, 0.15) is 11.3 Å². The maximum Gasteiger partial charge on any atom is 0.410 e. The lowest BCUT2D eigenvalue weighted by molar-refractivity contribution is -0.125. The molecular formula is C23H26ClFN4O7S. The number of fused-ring (bicyclic) bond motifs is 1. The number of amides is 1. The molecule has 0 fully saturated rings. The fourth-order valence-corrected chi connectivity index (χ4v) is 4.59. The number of aryl methyl sites for hydroxylation is 1. The lowest BCUT2D eigenvalue weighted by Gasteiger charge is -2.24. The predicted molar refractivity (Wildman–Crippen MR) is 132 cm³/mol. The minimum absolute atomic E-state index is 0.00123. The molecule has 2 aromatic heterocycles. The van der Waals surface area contributed by atoms with E-state index in [1.165, 1.54) is 40.4 Å². The van der Waals surface area contributed by atoms with Crippen LogP contribution in [0, 0.1) is 12.7 Å². The first kappa shape index (κ1) is 28.5. The Bertz CT molecular complexity index is 1420. The summed E-state index contributed by atoms with van der Waals surface area (Å²) in [5.41, 5.74) is 0.998. The first-order valence-corrected chi connectivity index (χ1v) is 12.7. The minimum atomic E-state index is -4.15. The number of nitrogens with zero attached hydrogens (tertiary/aromatic N) is 3. The Labute approximate surface area is 217 Å². The molecule has 3 rings (SSSR count). The van der Waals surface area contributed by atoms with Crippen molar-refractivity contribution in [2.45, 2.75) is 24.5 Å². The van der Waals surface area contributed by atoms with E-state index in [1.54, 1.807) is 16.7 Å². The predicted octanol–water partition coefficient (Wildman–Crippen LogP) is 2.55. The number of carbonyl (C=O) groups is 2. The standard InChI is InChI=1S/C23H26ClFN4O7S/c1-13-7-16(37(26,32)33)10-17(25)21(13)22-18(29-6-5-14(24)8-19(29)27-22)9-15(30)11-28(23(31)36-4)12-20(34-2)35-3/h5-8,10,20H,9,11-12H2,1-4H3,(H2,26,32,33). The molecule has 1 amide bonds. The van der Waals surface area contributed by atoms with Crippen molar-refractivity contribution in [3.05, 3.63) is 52.6 Å². The zero-order valence-corrected chi connectivity index (χ0v) is 22.1. The number of benzene rings is 1. The molecule has 0 unspecified atom stereocenters. The molecule has 0 atom stereocenters. The zero-order chi connectivity index (χ0) is 27.5. The number of primary sulfonamides is 1. The van der Waals surface area contributed by atoms with Gasteiger partial charge in [0.25, 0.3) is 0 Å². The van der Waals surface area contributed by atoms with Crippen LogP contribution in [0.3, 0.4) is 0 Å². The molecule has 3 aromatic rings. The van der Waals surface area contributed by atoms with Gasteiger partial charge in [-0.1, -0.05) is 11.6 Å². The number of aromatic nitrogens is 2. The number of hydrogen-bond acceptors (Lipinski definition) is 8. The Morgan fingerprint density at radius 2 is 1.89 bits per heavy atom. The van der Waals surface area contributed by atoms with Gasteiger partial charge in [0, 0.05) is 37.1 Å². The number of hydrogen-bond donors (Lipinski definition) is 1. The Hall–Kier alpha value is -3.10. The average molecular weight is 557 g/mol. The maximum atomic E-state index is 15.3. The van der Waals surface area contributed by atoms with E-state index in [9.17, 15) is 18.0 Å². The quantitative estimate of drug-likeness (QED) is 0.375. The SMILES string of the molecule is COC(=O)N(CC(=O)Cc1c(-c2c(C)cc(S(N)(=O)=O)cc2F)nc2cc(Cl)ccn12)CC(OC)OC. The lowest BCUT2D eigenvalue weighted by atomic mass is 10.0. The molecule has 1 aromatic carbocycles. The average Bonchev–Trinajstić information content (AvgIpc) is 3.16. The number of rotatable bonds is 10. The highest BCUT2D eigenvalue weighted by Crippen LogP contribution is 2.32. The van der Waals surface area contributed by atoms with Crippen molar-refractivity contribution < 1.29 is 36.6 Å². The van der Waals surface area contributed by atoms with Gasteiger partial charge in [0.2, 0.25) is 10.0 Å². The van der Waals surface area contributed by atoms with Gasteiger partial charge in [-0.15, -0.1) is 0 Å². The number of ether oxygens (including phenoxy) is 3. The number of sulfonamides is 1. The van der Waals surface area contributed by atoms with Gasteiger partial charge in [-0.25, -0.2) is 27.7 Å². The largest absolute Gasteiger partial charge is 0.453 e. The van der Waals surface area contributed by atoms with E-state index in [1.807, 2.05) is 0 Å². The molecule has 37 heavy (non-hydrogen) atoms. The molecule has 200 valence electrons. The summed E-state index contributed by atoms with van der Waals surface area (Å²) in [6.07, 6.45) is -0.244. The molecule has 0 bridgehead atoms. The summed E-state index contributed by atoms with van der Waals surface area (Å²) in [4.78, 5) is 30.6. The van der Waals surface area contributed by atoms with Crippen LogP contribution in [-0.4, -0.2) is 75.3 Å². The Morgan fingerprint density at radius 1 is 1.22 bits per heavy atom. The van der Waals surface area contributed by atoms with Crippen molar-refractivity contribution in [3.63, 3.8) is 0 Å². The Morgan fingerprint density at radius 3 is 2.46 bits per heavy atom. The second kappa shape index (κ2) is 11.5. The molecule has 0 spiro atoms. The maximum absolute atomic E-state index is 15.3. The number of pyridine rings is 1. The molecule has 2 heterocycles. The van der Waals surface area contributed by atoms with Gasteiger partial charge >= 0.3 is 6.09 Å². The second-order valence-electron chi connectivity index (χ2n) is 8.09. The number of halogens is 2. The summed E-state index contributed by atoms with van der Waals surface area (Å²) in [5, 5.41) is 5.53. The normalized spacial score (nSPS) is 11.8. The number of Topliss-reactive ketones (excluding diaryl/α,β-unsaturated/α-hetero) is 1. The summed E-state index contributed by atoms with van der Waals surface area (Å²) in [7, 11) is -0.197. The summed E-state index contributed by atoms with van der Waals surface area (Å²) in [5.74, 6) is -1.31. The van der Waals surface area contributed by atoms with E-state index in [4.69, 9.17) is 31.0 Å². The fourth-order valence-electron chi connectivity index (χ4n) is 3.83. The Balaban J connectivity index is 2.07. The topological polar surface area (TPSA) is 143 Å². The van der Waals surface area contributed by atoms with Gasteiger partial charge in [0.1, 0.15) is 11.5 Å². The number of methoxy groups -OCH3 is 3. The summed E-state index contributed by atoms with van der Waals surface area (Å²) in [6, 6.07) is 5.14. The van der Waals surface area contributed by atoms with Gasteiger partial charge < -0.3 is 18.6 Å². The third-order valence-corrected chi connectivity index (χ3v) is 6.70. The lowest BCUT2D eigenvalue weighted by Crippen LogP contribution is -2.42. The molecule has 2 N–H and O–H groups in total. The highest BCUT2D eigenvalue weighted by Gasteiger charge is 2.26. The molecule has 0 saturated carbocycles. The van der Waals surface area contributed by atoms with Gasteiger partial charge in [0.05, 0.1) is 42.9 Å². The summed E-state index contributed by atoms with van der Waals surface area (Å²) < 4.78 is 55.3. The molecule has 0 saturated heterocycles.